The van der Waals surface area contributed by atoms with Crippen LogP contribution in [0.15, 0.2) is 48.8 Å². The number of β-amino-alcohol motifs (C(OH)–C–C–N with tert-alkyl or cyclic N) is 1. The van der Waals surface area contributed by atoms with Gasteiger partial charge >= 0.3 is 0 Å². The molecule has 3 aromatic rings. The van der Waals surface area contributed by atoms with Crippen LogP contribution in [0.3, 0.4) is 0 Å². The first-order valence-corrected chi connectivity index (χ1v) is 10.5. The van der Waals surface area contributed by atoms with E-state index in [0.717, 1.165) is 48.6 Å². The van der Waals surface area contributed by atoms with Crippen molar-refractivity contribution in [3.05, 3.63) is 66.0 Å². The minimum atomic E-state index is -0.778. The normalized spacial score (nSPS) is 20.8. The third-order valence-corrected chi connectivity index (χ3v) is 5.75. The minimum Gasteiger partial charge on any atom is -0.388 e. The first kappa shape index (κ1) is 21.2. The Bertz CT molecular complexity index is 1040. The van der Waals surface area contributed by atoms with Gasteiger partial charge in [0.05, 0.1) is 22.9 Å². The highest BCUT2D eigenvalue weighted by Gasteiger charge is 2.35. The summed E-state index contributed by atoms with van der Waals surface area (Å²) in [4.78, 5) is 16.9. The first-order valence-electron chi connectivity index (χ1n) is 10.5. The largest absolute Gasteiger partial charge is 0.388 e. The van der Waals surface area contributed by atoms with Crippen molar-refractivity contribution in [3.63, 3.8) is 0 Å². The Morgan fingerprint density at radius 1 is 1.06 bits per heavy atom. The number of fused-ring (bicyclic) bond motifs is 1. The topological polar surface area (TPSA) is 61.1 Å². The number of aliphatic hydroxyl groups is 1. The van der Waals surface area contributed by atoms with E-state index in [1.54, 1.807) is 22.5 Å². The van der Waals surface area contributed by atoms with Crippen molar-refractivity contribution in [1.29, 1.82) is 0 Å². The molecule has 2 fully saturated rings. The average molecular weight is 428 g/mol. The van der Waals surface area contributed by atoms with Gasteiger partial charge in [-0.2, -0.15) is 5.10 Å². The number of anilines is 1. The molecule has 6 nitrogen and oxygen atoms in total. The van der Waals surface area contributed by atoms with Gasteiger partial charge in [0.15, 0.2) is 0 Å². The van der Waals surface area contributed by atoms with Crippen molar-refractivity contribution in [1.82, 2.24) is 14.5 Å². The lowest BCUT2D eigenvalue weighted by atomic mass is 10.1. The van der Waals surface area contributed by atoms with E-state index < -0.39 is 17.2 Å². The molecule has 0 saturated carbocycles. The van der Waals surface area contributed by atoms with Crippen molar-refractivity contribution < 1.29 is 18.7 Å². The summed E-state index contributed by atoms with van der Waals surface area (Å²) >= 11 is 0. The maximum atomic E-state index is 12.8. The summed E-state index contributed by atoms with van der Waals surface area (Å²) in [7, 11) is 0. The van der Waals surface area contributed by atoms with E-state index in [4.69, 9.17) is 0 Å². The van der Waals surface area contributed by atoms with E-state index in [-0.39, 0.29) is 5.91 Å². The Kier molecular flexibility index (Phi) is 5.91. The fourth-order valence-electron chi connectivity index (χ4n) is 4.02. The summed E-state index contributed by atoms with van der Waals surface area (Å²) in [6, 6.07) is 8.43. The summed E-state index contributed by atoms with van der Waals surface area (Å²) in [6.07, 6.45) is 6.62. The molecular weight excluding hydrogens is 402 g/mol. The molecule has 1 amide bonds. The standard InChI is InChI=1S/C17H22N4O2.C6H4F2/c1-17(23)5-9-20(12-17)16(22)14-11-18-21-8-4-13(10-15(14)21)19-6-2-3-7-19;7-5-1-2-6(8)4-3-5/h4,8,10-11,23H,2-3,5-7,9,12H2,1H3;1-4H. The molecule has 5 rings (SSSR count). The summed E-state index contributed by atoms with van der Waals surface area (Å²) < 4.78 is 25.6. The molecule has 31 heavy (non-hydrogen) atoms. The lowest BCUT2D eigenvalue weighted by Crippen LogP contribution is -2.33. The van der Waals surface area contributed by atoms with Gasteiger partial charge in [-0.1, -0.05) is 0 Å². The Morgan fingerprint density at radius 3 is 2.29 bits per heavy atom. The highest BCUT2D eigenvalue weighted by Crippen LogP contribution is 2.26. The van der Waals surface area contributed by atoms with E-state index in [9.17, 15) is 18.7 Å². The van der Waals surface area contributed by atoms with Crippen molar-refractivity contribution in [2.75, 3.05) is 31.1 Å². The van der Waals surface area contributed by atoms with E-state index in [1.807, 2.05) is 6.20 Å². The predicted octanol–water partition coefficient (Wildman–Crippen LogP) is 3.50. The van der Waals surface area contributed by atoms with Crippen molar-refractivity contribution in [2.24, 2.45) is 0 Å². The first-order chi connectivity index (χ1) is 14.8. The Balaban J connectivity index is 0.000000245. The van der Waals surface area contributed by atoms with Gasteiger partial charge in [0.25, 0.3) is 5.91 Å². The zero-order chi connectivity index (χ0) is 22.0. The summed E-state index contributed by atoms with van der Waals surface area (Å²) in [5, 5.41) is 14.4. The van der Waals surface area contributed by atoms with E-state index in [0.29, 0.717) is 25.1 Å². The van der Waals surface area contributed by atoms with E-state index in [2.05, 4.69) is 22.1 Å². The van der Waals surface area contributed by atoms with Gasteiger partial charge in [-0.3, -0.25) is 4.79 Å². The number of hydrogen-bond acceptors (Lipinski definition) is 4. The molecular formula is C23H26F2N4O2. The highest BCUT2D eigenvalue weighted by atomic mass is 19.1. The number of halogens is 2. The Labute approximate surface area is 179 Å². The second-order valence-electron chi connectivity index (χ2n) is 8.38. The van der Waals surface area contributed by atoms with Gasteiger partial charge in [0.1, 0.15) is 11.6 Å². The second kappa shape index (κ2) is 8.63. The van der Waals surface area contributed by atoms with Crippen LogP contribution in [-0.4, -0.2) is 57.3 Å². The minimum absolute atomic E-state index is 0.0450. The monoisotopic (exact) mass is 428 g/mol. The zero-order valence-corrected chi connectivity index (χ0v) is 17.5. The Hall–Kier alpha value is -3.00. The number of aromatic nitrogens is 2. The summed E-state index contributed by atoms with van der Waals surface area (Å²) in [5.41, 5.74) is 1.83. The van der Waals surface area contributed by atoms with Crippen molar-refractivity contribution in [3.8, 4) is 0 Å². The fraction of sp³-hybridized carbons (Fsp3) is 0.391. The quantitative estimate of drug-likeness (QED) is 0.679. The van der Waals surface area contributed by atoms with Crippen LogP contribution in [-0.2, 0) is 0 Å². The molecule has 2 aliphatic heterocycles. The third kappa shape index (κ3) is 4.85. The maximum absolute atomic E-state index is 12.8. The zero-order valence-electron chi connectivity index (χ0n) is 17.5. The highest BCUT2D eigenvalue weighted by molar-refractivity contribution is 6.01. The van der Waals surface area contributed by atoms with Crippen molar-refractivity contribution >= 4 is 17.1 Å². The van der Waals surface area contributed by atoms with Gasteiger partial charge in [-0.05, 0) is 62.6 Å². The van der Waals surface area contributed by atoms with Crippen LogP contribution in [0.4, 0.5) is 14.5 Å². The van der Waals surface area contributed by atoms with Crippen LogP contribution in [0.5, 0.6) is 0 Å². The molecule has 0 aliphatic carbocycles. The number of benzene rings is 1. The summed E-state index contributed by atoms with van der Waals surface area (Å²) in [6.45, 7) is 4.90. The van der Waals surface area contributed by atoms with Crippen LogP contribution in [0.2, 0.25) is 0 Å². The predicted molar refractivity (Wildman–Crippen MR) is 114 cm³/mol. The lowest BCUT2D eigenvalue weighted by Gasteiger charge is -2.19. The second-order valence-corrected chi connectivity index (χ2v) is 8.38. The number of amides is 1. The molecule has 8 heteroatoms. The van der Waals surface area contributed by atoms with Crippen molar-refractivity contribution in [2.45, 2.75) is 31.8 Å². The van der Waals surface area contributed by atoms with E-state index in [1.165, 1.54) is 12.8 Å². The van der Waals surface area contributed by atoms with Crippen LogP contribution >= 0.6 is 0 Å². The number of carbonyl (C=O) groups excluding carboxylic acids is 1. The smallest absolute Gasteiger partial charge is 0.257 e. The van der Waals surface area contributed by atoms with Gasteiger partial charge in [-0.25, -0.2) is 13.3 Å². The van der Waals surface area contributed by atoms with Crippen LogP contribution in [0.25, 0.3) is 5.52 Å². The molecule has 1 unspecified atom stereocenters. The number of carbonyl (C=O) groups is 1. The van der Waals surface area contributed by atoms with Crippen LogP contribution in [0, 0.1) is 11.6 Å². The molecule has 0 radical (unpaired) electrons. The molecule has 0 bridgehead atoms. The average Bonchev–Trinajstić information content (AvgIpc) is 3.49. The van der Waals surface area contributed by atoms with E-state index >= 15 is 0 Å². The SMILES string of the molecule is CC1(O)CCN(C(=O)c2cnn3ccc(N4CCCC4)cc23)C1.Fc1ccc(F)cc1. The number of likely N-dealkylation sites (tertiary alicyclic amines) is 1. The number of pyridine rings is 1. The van der Waals surface area contributed by atoms with Crippen LogP contribution < -0.4 is 4.90 Å². The Morgan fingerprint density at radius 2 is 1.71 bits per heavy atom. The molecule has 1 atom stereocenters. The number of nitrogens with zero attached hydrogens (tertiary/aromatic N) is 4. The molecule has 0 spiro atoms. The molecule has 2 saturated heterocycles. The van der Waals surface area contributed by atoms with Gasteiger partial charge in [-0.15, -0.1) is 0 Å². The lowest BCUT2D eigenvalue weighted by molar-refractivity contribution is 0.0573. The molecule has 1 N–H and O–H groups in total. The number of rotatable bonds is 2. The summed E-state index contributed by atoms with van der Waals surface area (Å²) in [5.74, 6) is -0.867. The van der Waals surface area contributed by atoms with Gasteiger partial charge in [0, 0.05) is 38.1 Å². The fourth-order valence-corrected chi connectivity index (χ4v) is 4.02. The van der Waals surface area contributed by atoms with Gasteiger partial charge < -0.3 is 14.9 Å². The van der Waals surface area contributed by atoms with Crippen LogP contribution in [0.1, 0.15) is 36.5 Å². The molecule has 2 aliphatic rings. The third-order valence-electron chi connectivity index (χ3n) is 5.75. The van der Waals surface area contributed by atoms with Gasteiger partial charge in [0.2, 0.25) is 0 Å². The maximum Gasteiger partial charge on any atom is 0.257 e. The molecule has 164 valence electrons. The molecule has 2 aromatic heterocycles. The molecule has 1 aromatic carbocycles. The number of hydrogen-bond donors (Lipinski definition) is 1. The molecule has 4 heterocycles.